The van der Waals surface area contributed by atoms with Crippen LogP contribution < -0.4 is 18.9 Å². The number of aliphatic hydroxyl groups is 5. The van der Waals surface area contributed by atoms with E-state index >= 15 is 0 Å². The Morgan fingerprint density at radius 1 is 1.00 bits per heavy atom. The summed E-state index contributed by atoms with van der Waals surface area (Å²) in [5.41, 5.74) is -1.37. The summed E-state index contributed by atoms with van der Waals surface area (Å²) < 4.78 is 27.2. The van der Waals surface area contributed by atoms with Gasteiger partial charge in [-0.25, -0.2) is 0 Å². The van der Waals surface area contributed by atoms with Crippen LogP contribution in [-0.2, 0) is 11.2 Å². The Bertz CT molecular complexity index is 1050. The lowest BCUT2D eigenvalue weighted by atomic mass is 9.85. The molecule has 0 aliphatic carbocycles. The average molecular weight is 492 g/mol. The topological polar surface area (TPSA) is 164 Å². The highest BCUT2D eigenvalue weighted by atomic mass is 16.7. The molecule has 0 spiro atoms. The van der Waals surface area contributed by atoms with E-state index in [9.17, 15) is 30.3 Å². The van der Waals surface area contributed by atoms with Crippen molar-refractivity contribution in [2.75, 3.05) is 27.4 Å². The number of Topliss-reactive ketones (excluding diaryl/α,β-unsaturated/α-hetero) is 1. The quantitative estimate of drug-likeness (QED) is 0.336. The molecule has 0 amide bonds. The number of ketones is 1. The molecule has 0 unspecified atom stereocenters. The third kappa shape index (κ3) is 4.79. The largest absolute Gasteiger partial charge is 0.497 e. The first kappa shape index (κ1) is 25.2. The van der Waals surface area contributed by atoms with Crippen LogP contribution in [0.25, 0.3) is 0 Å². The van der Waals surface area contributed by atoms with Crippen molar-refractivity contribution in [1.29, 1.82) is 0 Å². The summed E-state index contributed by atoms with van der Waals surface area (Å²) in [5.74, 6) is 0.156. The molecule has 4 rings (SSSR count). The van der Waals surface area contributed by atoms with Gasteiger partial charge in [0.15, 0.2) is 5.60 Å². The molecule has 11 nitrogen and oxygen atoms in total. The van der Waals surface area contributed by atoms with Crippen molar-refractivity contribution in [2.24, 2.45) is 0 Å². The zero-order chi connectivity index (χ0) is 25.3. The van der Waals surface area contributed by atoms with Gasteiger partial charge in [-0.1, -0.05) is 12.1 Å². The van der Waals surface area contributed by atoms with Crippen LogP contribution in [0.15, 0.2) is 36.4 Å². The van der Waals surface area contributed by atoms with Crippen LogP contribution in [0, 0.1) is 0 Å². The minimum atomic E-state index is -1.93. The van der Waals surface area contributed by atoms with Crippen molar-refractivity contribution in [1.82, 2.24) is 0 Å². The standard InChI is InChI=1S/C24H28O11/c1-31-13-5-3-12(4-6-13)9-24(30)11-33-15-7-14(32-2)8-16(18(15)22(24)29)34-23-21(28)20(27)19(26)17(10-25)35-23/h3-8,17,19-21,23,25-28,30H,9-11H2,1-2H3/t17-,19-,20+,21-,23-,24+/m0/s1. The monoisotopic (exact) mass is 492 g/mol. The van der Waals surface area contributed by atoms with E-state index in [2.05, 4.69) is 0 Å². The van der Waals surface area contributed by atoms with E-state index in [1.54, 1.807) is 24.3 Å². The minimum absolute atomic E-state index is 0.0548. The van der Waals surface area contributed by atoms with Gasteiger partial charge in [-0.2, -0.15) is 0 Å². The van der Waals surface area contributed by atoms with Crippen LogP contribution in [0.3, 0.4) is 0 Å². The molecule has 0 radical (unpaired) electrons. The van der Waals surface area contributed by atoms with Crippen LogP contribution in [-0.4, -0.2) is 95.1 Å². The summed E-state index contributed by atoms with van der Waals surface area (Å²) in [6.45, 7) is -0.970. The average Bonchev–Trinajstić information content (AvgIpc) is 2.87. The molecule has 6 atom stereocenters. The summed E-state index contributed by atoms with van der Waals surface area (Å²) in [6, 6.07) is 9.66. The summed E-state index contributed by atoms with van der Waals surface area (Å²) in [4.78, 5) is 13.5. The van der Waals surface area contributed by atoms with E-state index < -0.39 is 48.7 Å². The van der Waals surface area contributed by atoms with Gasteiger partial charge < -0.3 is 49.2 Å². The van der Waals surface area contributed by atoms with Crippen molar-refractivity contribution >= 4 is 5.78 Å². The number of rotatable bonds is 7. The lowest BCUT2D eigenvalue weighted by molar-refractivity contribution is -0.277. The smallest absolute Gasteiger partial charge is 0.229 e. The van der Waals surface area contributed by atoms with E-state index in [1.807, 2.05) is 0 Å². The van der Waals surface area contributed by atoms with Gasteiger partial charge in [0.05, 0.1) is 20.8 Å². The summed E-state index contributed by atoms with van der Waals surface area (Å²) in [6.07, 6.45) is -7.77. The molecule has 2 aliphatic heterocycles. The predicted molar refractivity (Wildman–Crippen MR) is 119 cm³/mol. The maximum absolute atomic E-state index is 13.5. The second-order valence-electron chi connectivity index (χ2n) is 8.49. The Hall–Kier alpha value is -2.93. The fourth-order valence-electron chi connectivity index (χ4n) is 4.11. The van der Waals surface area contributed by atoms with E-state index in [-0.39, 0.29) is 35.8 Å². The Morgan fingerprint density at radius 3 is 2.31 bits per heavy atom. The summed E-state index contributed by atoms with van der Waals surface area (Å²) in [5, 5.41) is 51.2. The Balaban J connectivity index is 1.66. The molecule has 0 saturated carbocycles. The van der Waals surface area contributed by atoms with Crippen molar-refractivity contribution in [3.8, 4) is 23.0 Å². The zero-order valence-corrected chi connectivity index (χ0v) is 19.2. The van der Waals surface area contributed by atoms with Crippen LogP contribution in [0.5, 0.6) is 23.0 Å². The second-order valence-corrected chi connectivity index (χ2v) is 8.49. The number of hydrogen-bond acceptors (Lipinski definition) is 11. The first-order valence-electron chi connectivity index (χ1n) is 10.9. The normalized spacial score (nSPS) is 30.3. The maximum Gasteiger partial charge on any atom is 0.229 e. The molecule has 1 fully saturated rings. The van der Waals surface area contributed by atoms with E-state index in [4.69, 9.17) is 23.7 Å². The molecule has 2 aromatic rings. The third-order valence-electron chi connectivity index (χ3n) is 6.14. The number of carbonyl (C=O) groups is 1. The van der Waals surface area contributed by atoms with Crippen LogP contribution in [0.1, 0.15) is 15.9 Å². The van der Waals surface area contributed by atoms with Crippen LogP contribution in [0.2, 0.25) is 0 Å². The number of hydrogen-bond donors (Lipinski definition) is 5. The fraction of sp³-hybridized carbons (Fsp3) is 0.458. The minimum Gasteiger partial charge on any atom is -0.497 e. The third-order valence-corrected chi connectivity index (χ3v) is 6.14. The molecule has 11 heteroatoms. The molecule has 0 aromatic heterocycles. The molecule has 1 saturated heterocycles. The highest BCUT2D eigenvalue weighted by Crippen LogP contribution is 2.42. The van der Waals surface area contributed by atoms with Crippen molar-refractivity contribution in [3.05, 3.63) is 47.5 Å². The van der Waals surface area contributed by atoms with Gasteiger partial charge in [0.1, 0.15) is 59.6 Å². The summed E-state index contributed by atoms with van der Waals surface area (Å²) >= 11 is 0. The van der Waals surface area contributed by atoms with E-state index in [0.717, 1.165) is 0 Å². The van der Waals surface area contributed by atoms with Gasteiger partial charge in [-0.05, 0) is 17.7 Å². The predicted octanol–water partition coefficient (Wildman–Crippen LogP) is -0.569. The lowest BCUT2D eigenvalue weighted by Gasteiger charge is -2.40. The van der Waals surface area contributed by atoms with Gasteiger partial charge >= 0.3 is 0 Å². The van der Waals surface area contributed by atoms with Gasteiger partial charge in [0, 0.05) is 18.6 Å². The van der Waals surface area contributed by atoms with E-state index in [0.29, 0.717) is 11.3 Å². The number of ether oxygens (including phenoxy) is 5. The first-order valence-corrected chi connectivity index (χ1v) is 10.9. The van der Waals surface area contributed by atoms with Crippen LogP contribution >= 0.6 is 0 Å². The van der Waals surface area contributed by atoms with E-state index in [1.165, 1.54) is 26.4 Å². The fourth-order valence-corrected chi connectivity index (χ4v) is 4.11. The Morgan fingerprint density at radius 2 is 1.69 bits per heavy atom. The molecular weight excluding hydrogens is 464 g/mol. The number of benzene rings is 2. The molecular formula is C24H28O11. The highest BCUT2D eigenvalue weighted by Gasteiger charge is 2.47. The SMILES string of the molecule is COc1ccc(C[C@@]2(O)COc3cc(OC)cc(O[C@H]4O[C@@H](CO)[C@H](O)[C@@H](O)[C@@H]4O)c3C2=O)cc1. The van der Waals surface area contributed by atoms with Gasteiger partial charge in [0.25, 0.3) is 0 Å². The highest BCUT2D eigenvalue weighted by molar-refractivity contribution is 6.08. The van der Waals surface area contributed by atoms with Crippen molar-refractivity contribution in [2.45, 2.75) is 42.7 Å². The number of methoxy groups -OCH3 is 2. The van der Waals surface area contributed by atoms with Gasteiger partial charge in [0.2, 0.25) is 12.1 Å². The van der Waals surface area contributed by atoms with Crippen molar-refractivity contribution in [3.63, 3.8) is 0 Å². The second kappa shape index (κ2) is 9.97. The first-order chi connectivity index (χ1) is 16.7. The maximum atomic E-state index is 13.5. The number of carbonyl (C=O) groups excluding carboxylic acids is 1. The lowest BCUT2D eigenvalue weighted by Crippen LogP contribution is -2.60. The molecule has 190 valence electrons. The molecule has 35 heavy (non-hydrogen) atoms. The molecule has 2 aromatic carbocycles. The van der Waals surface area contributed by atoms with Crippen LogP contribution in [0.4, 0.5) is 0 Å². The summed E-state index contributed by atoms with van der Waals surface area (Å²) in [7, 11) is 2.92. The molecule has 0 bridgehead atoms. The Kier molecular flexibility index (Phi) is 7.17. The Labute approximate surface area is 201 Å². The van der Waals surface area contributed by atoms with Gasteiger partial charge in [-0.3, -0.25) is 4.79 Å². The zero-order valence-electron chi connectivity index (χ0n) is 19.2. The number of fused-ring (bicyclic) bond motifs is 1. The molecule has 2 aliphatic rings. The van der Waals surface area contributed by atoms with Crippen molar-refractivity contribution < 1.29 is 54.0 Å². The molecule has 5 N–H and O–H groups in total. The number of aliphatic hydroxyl groups excluding tert-OH is 4. The van der Waals surface area contributed by atoms with Gasteiger partial charge in [-0.15, -0.1) is 0 Å². The molecule has 2 heterocycles.